The number of benzene rings is 1. The third-order valence-corrected chi connectivity index (χ3v) is 3.54. The third kappa shape index (κ3) is 3.58. The predicted molar refractivity (Wildman–Crippen MR) is 72.0 cm³/mol. The van der Waals surface area contributed by atoms with E-state index < -0.39 is 18.1 Å². The van der Waals surface area contributed by atoms with Crippen molar-refractivity contribution in [3.05, 3.63) is 34.9 Å². The van der Waals surface area contributed by atoms with Gasteiger partial charge in [-0.3, -0.25) is 9.59 Å². The number of rotatable bonds is 3. The predicted octanol–water partition coefficient (Wildman–Crippen LogP) is 2.24. The maximum atomic E-state index is 12.6. The van der Waals surface area contributed by atoms with Gasteiger partial charge in [0.05, 0.1) is 13.0 Å². The Bertz CT molecular complexity index is 584. The van der Waals surface area contributed by atoms with Gasteiger partial charge in [0.15, 0.2) is 0 Å². The summed E-state index contributed by atoms with van der Waals surface area (Å²) in [5.41, 5.74) is 2.09. The largest absolute Gasteiger partial charge is 0.471 e. The average Bonchev–Trinajstić information content (AvgIpc) is 2.45. The maximum Gasteiger partial charge on any atom is 0.471 e. The second kappa shape index (κ2) is 6.37. The van der Waals surface area contributed by atoms with Crippen molar-refractivity contribution in [3.63, 3.8) is 0 Å². The Labute approximate surface area is 125 Å². The lowest BCUT2D eigenvalue weighted by Gasteiger charge is -2.30. The lowest BCUT2D eigenvalue weighted by molar-refractivity contribution is -0.186. The van der Waals surface area contributed by atoms with E-state index in [9.17, 15) is 22.8 Å². The molecule has 1 heterocycles. The molecular formula is C15H16F3NO3. The van der Waals surface area contributed by atoms with Crippen molar-refractivity contribution in [2.45, 2.75) is 32.5 Å². The fourth-order valence-corrected chi connectivity index (χ4v) is 2.54. The average molecular weight is 315 g/mol. The second-order valence-corrected chi connectivity index (χ2v) is 5.01. The standard InChI is InChI=1S/C15H16F3NO3/c1-2-22-13(20)8-11-5-3-4-10-6-7-19(9-12(10)11)14(21)15(16,17)18/h3-5H,2,6-9H2,1H3. The minimum Gasteiger partial charge on any atom is -0.466 e. The van der Waals surface area contributed by atoms with E-state index in [1.807, 2.05) is 0 Å². The summed E-state index contributed by atoms with van der Waals surface area (Å²) < 4.78 is 42.5. The van der Waals surface area contributed by atoms with Crippen LogP contribution in [0.1, 0.15) is 23.6 Å². The van der Waals surface area contributed by atoms with Crippen LogP contribution < -0.4 is 0 Å². The Morgan fingerprint density at radius 1 is 1.32 bits per heavy atom. The highest BCUT2D eigenvalue weighted by Gasteiger charge is 2.43. The zero-order valence-electron chi connectivity index (χ0n) is 12.1. The summed E-state index contributed by atoms with van der Waals surface area (Å²) in [5.74, 6) is -2.28. The molecule has 0 aliphatic carbocycles. The molecule has 0 bridgehead atoms. The van der Waals surface area contributed by atoms with Crippen LogP contribution in [0.15, 0.2) is 18.2 Å². The van der Waals surface area contributed by atoms with Crippen molar-refractivity contribution >= 4 is 11.9 Å². The molecule has 4 nitrogen and oxygen atoms in total. The van der Waals surface area contributed by atoms with Crippen molar-refractivity contribution in [1.29, 1.82) is 0 Å². The summed E-state index contributed by atoms with van der Waals surface area (Å²) in [4.78, 5) is 23.7. The number of alkyl halides is 3. The van der Waals surface area contributed by atoms with Crippen LogP contribution in [0.2, 0.25) is 0 Å². The smallest absolute Gasteiger partial charge is 0.466 e. The topological polar surface area (TPSA) is 46.6 Å². The number of halogens is 3. The van der Waals surface area contributed by atoms with Crippen LogP contribution in [0.25, 0.3) is 0 Å². The van der Waals surface area contributed by atoms with Gasteiger partial charge in [-0.05, 0) is 30.0 Å². The molecule has 0 unspecified atom stereocenters. The van der Waals surface area contributed by atoms with Crippen LogP contribution >= 0.6 is 0 Å². The molecule has 120 valence electrons. The Hall–Kier alpha value is -2.05. The van der Waals surface area contributed by atoms with Gasteiger partial charge in [0, 0.05) is 13.1 Å². The molecule has 0 spiro atoms. The molecule has 0 aromatic heterocycles. The van der Waals surface area contributed by atoms with E-state index in [0.29, 0.717) is 17.5 Å². The number of esters is 1. The van der Waals surface area contributed by atoms with Crippen molar-refractivity contribution in [3.8, 4) is 0 Å². The quantitative estimate of drug-likeness (QED) is 0.804. The van der Waals surface area contributed by atoms with Gasteiger partial charge in [0.25, 0.3) is 0 Å². The molecule has 1 aliphatic rings. The Morgan fingerprint density at radius 2 is 2.05 bits per heavy atom. The normalized spacial score (nSPS) is 14.5. The van der Waals surface area contributed by atoms with Crippen LogP contribution in [0, 0.1) is 0 Å². The van der Waals surface area contributed by atoms with Crippen molar-refractivity contribution in [2.75, 3.05) is 13.2 Å². The molecule has 0 fully saturated rings. The molecule has 2 rings (SSSR count). The summed E-state index contributed by atoms with van der Waals surface area (Å²) in [6, 6.07) is 5.24. The first-order valence-electron chi connectivity index (χ1n) is 6.94. The Morgan fingerprint density at radius 3 is 2.68 bits per heavy atom. The van der Waals surface area contributed by atoms with Gasteiger partial charge in [0.1, 0.15) is 0 Å². The molecule has 0 atom stereocenters. The second-order valence-electron chi connectivity index (χ2n) is 5.01. The molecule has 1 aromatic rings. The number of hydrogen-bond donors (Lipinski definition) is 0. The number of carbonyl (C=O) groups excluding carboxylic acids is 2. The van der Waals surface area contributed by atoms with E-state index in [1.54, 1.807) is 25.1 Å². The Kier molecular flexibility index (Phi) is 4.73. The minimum absolute atomic E-state index is 0.00887. The van der Waals surface area contributed by atoms with Gasteiger partial charge >= 0.3 is 18.1 Å². The molecule has 0 radical (unpaired) electrons. The van der Waals surface area contributed by atoms with Gasteiger partial charge in [-0.15, -0.1) is 0 Å². The van der Waals surface area contributed by atoms with Gasteiger partial charge in [0.2, 0.25) is 0 Å². The highest BCUT2D eigenvalue weighted by Crippen LogP contribution is 2.27. The fraction of sp³-hybridized carbons (Fsp3) is 0.467. The molecule has 1 aromatic carbocycles. The van der Waals surface area contributed by atoms with Gasteiger partial charge in [-0.1, -0.05) is 18.2 Å². The molecule has 0 saturated carbocycles. The SMILES string of the molecule is CCOC(=O)Cc1cccc2c1CN(C(=O)C(F)(F)F)CC2. The molecule has 0 saturated heterocycles. The summed E-state index contributed by atoms with van der Waals surface area (Å²) in [6.45, 7) is 1.81. The fourth-order valence-electron chi connectivity index (χ4n) is 2.54. The maximum absolute atomic E-state index is 12.6. The lowest BCUT2D eigenvalue weighted by atomic mass is 9.93. The van der Waals surface area contributed by atoms with E-state index in [1.165, 1.54) is 0 Å². The number of nitrogens with zero attached hydrogens (tertiary/aromatic N) is 1. The van der Waals surface area contributed by atoms with Crippen LogP contribution in [-0.4, -0.2) is 36.1 Å². The summed E-state index contributed by atoms with van der Waals surface area (Å²) in [6.07, 6.45) is -4.55. The number of carbonyl (C=O) groups is 2. The van der Waals surface area contributed by atoms with E-state index >= 15 is 0 Å². The monoisotopic (exact) mass is 315 g/mol. The zero-order chi connectivity index (χ0) is 16.3. The van der Waals surface area contributed by atoms with E-state index in [0.717, 1.165) is 10.5 Å². The lowest BCUT2D eigenvalue weighted by Crippen LogP contribution is -2.44. The first kappa shape index (κ1) is 16.3. The van der Waals surface area contributed by atoms with Gasteiger partial charge in [-0.25, -0.2) is 0 Å². The van der Waals surface area contributed by atoms with Crippen LogP contribution in [0.5, 0.6) is 0 Å². The van der Waals surface area contributed by atoms with Crippen molar-refractivity contribution < 1.29 is 27.5 Å². The van der Waals surface area contributed by atoms with Gasteiger partial charge < -0.3 is 9.64 Å². The highest BCUT2D eigenvalue weighted by atomic mass is 19.4. The summed E-state index contributed by atoms with van der Waals surface area (Å²) in [5, 5.41) is 0. The Balaban J connectivity index is 2.22. The molecule has 7 heteroatoms. The molecule has 0 N–H and O–H groups in total. The number of amides is 1. The van der Waals surface area contributed by atoms with E-state index in [-0.39, 0.29) is 26.1 Å². The summed E-state index contributed by atoms with van der Waals surface area (Å²) >= 11 is 0. The summed E-state index contributed by atoms with van der Waals surface area (Å²) in [7, 11) is 0. The van der Waals surface area contributed by atoms with E-state index in [4.69, 9.17) is 4.74 Å². The van der Waals surface area contributed by atoms with Crippen molar-refractivity contribution in [1.82, 2.24) is 4.90 Å². The van der Waals surface area contributed by atoms with Crippen LogP contribution in [0.3, 0.4) is 0 Å². The third-order valence-electron chi connectivity index (χ3n) is 3.54. The van der Waals surface area contributed by atoms with Crippen LogP contribution in [-0.2, 0) is 33.7 Å². The van der Waals surface area contributed by atoms with Crippen LogP contribution in [0.4, 0.5) is 13.2 Å². The minimum atomic E-state index is -4.88. The molecular weight excluding hydrogens is 299 g/mol. The zero-order valence-corrected chi connectivity index (χ0v) is 12.1. The van der Waals surface area contributed by atoms with Crippen molar-refractivity contribution in [2.24, 2.45) is 0 Å². The van der Waals surface area contributed by atoms with Gasteiger partial charge in [-0.2, -0.15) is 13.2 Å². The van der Waals surface area contributed by atoms with E-state index in [2.05, 4.69) is 0 Å². The molecule has 1 aliphatic heterocycles. The molecule has 22 heavy (non-hydrogen) atoms. The number of hydrogen-bond acceptors (Lipinski definition) is 3. The highest BCUT2D eigenvalue weighted by molar-refractivity contribution is 5.82. The first-order chi connectivity index (χ1) is 10.3. The molecule has 1 amide bonds. The first-order valence-corrected chi connectivity index (χ1v) is 6.94. The number of ether oxygens (including phenoxy) is 1. The number of fused-ring (bicyclic) bond motifs is 1.